The summed E-state index contributed by atoms with van der Waals surface area (Å²) in [5, 5.41) is 3.12. The second-order valence-corrected chi connectivity index (χ2v) is 5.67. The highest BCUT2D eigenvalue weighted by Gasteiger charge is 2.31. The summed E-state index contributed by atoms with van der Waals surface area (Å²) in [6, 6.07) is 6.81. The lowest BCUT2D eigenvalue weighted by Crippen LogP contribution is -2.13. The molecule has 2 aromatic rings. The molecule has 0 unspecified atom stereocenters. The topological polar surface area (TPSA) is 63.0 Å². The van der Waals surface area contributed by atoms with Crippen LogP contribution in [0.3, 0.4) is 0 Å². The van der Waals surface area contributed by atoms with Gasteiger partial charge in [-0.3, -0.25) is 0 Å². The summed E-state index contributed by atoms with van der Waals surface area (Å²) in [5.41, 5.74) is 1.69. The van der Waals surface area contributed by atoms with E-state index in [2.05, 4.69) is 38.3 Å². The third-order valence-corrected chi connectivity index (χ3v) is 3.48. The molecule has 0 saturated heterocycles. The van der Waals surface area contributed by atoms with Crippen molar-refractivity contribution in [1.82, 2.24) is 4.98 Å². The van der Waals surface area contributed by atoms with Crippen molar-refractivity contribution < 1.29 is 13.2 Å². The molecule has 1 aromatic heterocycles. The van der Waals surface area contributed by atoms with E-state index < -0.39 is 11.7 Å². The smallest absolute Gasteiger partial charge is 0.339 e. The van der Waals surface area contributed by atoms with Crippen LogP contribution in [0, 0.1) is 3.57 Å². The van der Waals surface area contributed by atoms with Crippen molar-refractivity contribution in [3.8, 4) is 0 Å². The van der Waals surface area contributed by atoms with Gasteiger partial charge in [-0.25, -0.2) is 10.8 Å². The molecule has 2 rings (SSSR count). The maximum absolute atomic E-state index is 12.8. The zero-order valence-corrected chi connectivity index (χ0v) is 13.2. The molecular formula is C12H9ClF3IN4. The van der Waals surface area contributed by atoms with E-state index in [4.69, 9.17) is 17.4 Å². The Bertz CT molecular complexity index is 663. The average molecular weight is 429 g/mol. The van der Waals surface area contributed by atoms with Crippen LogP contribution in [0.5, 0.6) is 0 Å². The summed E-state index contributed by atoms with van der Waals surface area (Å²) in [5.74, 6) is 5.02. The van der Waals surface area contributed by atoms with Crippen LogP contribution in [0.25, 0.3) is 0 Å². The molecule has 0 aliphatic heterocycles. The number of benzene rings is 1. The number of rotatable bonds is 3. The van der Waals surface area contributed by atoms with Crippen molar-refractivity contribution >= 4 is 51.5 Å². The maximum Gasteiger partial charge on any atom is 0.416 e. The van der Waals surface area contributed by atoms with Crippen LogP contribution < -0.4 is 16.6 Å². The predicted molar refractivity (Wildman–Crippen MR) is 84.5 cm³/mol. The molecule has 21 heavy (non-hydrogen) atoms. The van der Waals surface area contributed by atoms with Crippen molar-refractivity contribution in [3.63, 3.8) is 0 Å². The minimum Gasteiger partial charge on any atom is -0.339 e. The molecule has 9 heteroatoms. The fourth-order valence-electron chi connectivity index (χ4n) is 1.56. The zero-order valence-electron chi connectivity index (χ0n) is 10.3. The Morgan fingerprint density at radius 2 is 1.81 bits per heavy atom. The molecule has 4 N–H and O–H groups in total. The lowest BCUT2D eigenvalue weighted by Gasteiger charge is -2.13. The summed E-state index contributed by atoms with van der Waals surface area (Å²) in [4.78, 5) is 3.92. The van der Waals surface area contributed by atoms with Crippen molar-refractivity contribution in [2.24, 2.45) is 5.84 Å². The monoisotopic (exact) mass is 428 g/mol. The Labute approximate surface area is 137 Å². The third kappa shape index (κ3) is 4.11. The van der Waals surface area contributed by atoms with Gasteiger partial charge in [0.15, 0.2) is 0 Å². The quantitative estimate of drug-likeness (QED) is 0.386. The van der Waals surface area contributed by atoms with Gasteiger partial charge in [-0.15, -0.1) is 0 Å². The van der Waals surface area contributed by atoms with Crippen LogP contribution in [0.15, 0.2) is 30.3 Å². The second kappa shape index (κ2) is 6.24. The summed E-state index contributed by atoms with van der Waals surface area (Å²) >= 11 is 8.10. The van der Waals surface area contributed by atoms with Crippen LogP contribution >= 0.6 is 34.2 Å². The van der Waals surface area contributed by atoms with Gasteiger partial charge in [0.25, 0.3) is 0 Å². The van der Waals surface area contributed by atoms with Gasteiger partial charge in [0.1, 0.15) is 11.6 Å². The molecule has 0 saturated carbocycles. The molecule has 0 radical (unpaired) electrons. The van der Waals surface area contributed by atoms with Crippen LogP contribution in [0.2, 0.25) is 5.02 Å². The van der Waals surface area contributed by atoms with Crippen LogP contribution in [0.4, 0.5) is 30.5 Å². The predicted octanol–water partition coefficient (Wildman–Crippen LogP) is 4.39. The van der Waals surface area contributed by atoms with E-state index >= 15 is 0 Å². The lowest BCUT2D eigenvalue weighted by atomic mass is 10.2. The Balaban J connectivity index is 2.39. The molecule has 0 spiro atoms. The molecule has 0 aliphatic carbocycles. The number of halogens is 5. The van der Waals surface area contributed by atoms with Crippen molar-refractivity contribution in [1.29, 1.82) is 0 Å². The number of aromatic nitrogens is 1. The second-order valence-electron chi connectivity index (χ2n) is 4.02. The summed E-state index contributed by atoms with van der Waals surface area (Å²) in [7, 11) is 0. The number of alkyl halides is 3. The van der Waals surface area contributed by atoms with Crippen LogP contribution in [-0.4, -0.2) is 4.98 Å². The Kier molecular flexibility index (Phi) is 4.79. The third-order valence-electron chi connectivity index (χ3n) is 2.49. The molecule has 0 atom stereocenters. The lowest BCUT2D eigenvalue weighted by molar-refractivity contribution is -0.137. The molecular weight excluding hydrogens is 420 g/mol. The summed E-state index contributed by atoms with van der Waals surface area (Å²) in [6.07, 6.45) is -4.50. The Morgan fingerprint density at radius 1 is 1.14 bits per heavy atom. The first kappa shape index (κ1) is 16.1. The number of hydrogen-bond donors (Lipinski definition) is 3. The highest BCUT2D eigenvalue weighted by molar-refractivity contribution is 14.1. The van der Waals surface area contributed by atoms with E-state index in [1.807, 2.05) is 0 Å². The Hall–Kier alpha value is -1.26. The van der Waals surface area contributed by atoms with Gasteiger partial charge in [-0.1, -0.05) is 11.6 Å². The molecule has 1 heterocycles. The number of nitrogens with zero attached hydrogens (tertiary/aromatic N) is 1. The van der Waals surface area contributed by atoms with Crippen molar-refractivity contribution in [3.05, 3.63) is 44.5 Å². The Morgan fingerprint density at radius 3 is 2.38 bits per heavy atom. The number of pyridine rings is 1. The maximum atomic E-state index is 12.8. The van der Waals surface area contributed by atoms with Gasteiger partial charge < -0.3 is 10.7 Å². The van der Waals surface area contributed by atoms with Crippen LogP contribution in [-0.2, 0) is 6.18 Å². The number of hydrogen-bond acceptors (Lipinski definition) is 4. The van der Waals surface area contributed by atoms with Gasteiger partial charge in [-0.05, 0) is 52.9 Å². The molecule has 0 fully saturated rings. The first-order chi connectivity index (χ1) is 9.79. The van der Waals surface area contributed by atoms with Gasteiger partial charge >= 0.3 is 6.18 Å². The fourth-order valence-corrected chi connectivity index (χ4v) is 2.46. The number of nitrogens with two attached hydrogens (primary N) is 1. The molecule has 1 aromatic carbocycles. The van der Waals surface area contributed by atoms with Gasteiger partial charge in [-0.2, -0.15) is 13.2 Å². The normalized spacial score (nSPS) is 11.3. The van der Waals surface area contributed by atoms with E-state index in [0.29, 0.717) is 10.7 Å². The number of anilines is 3. The fraction of sp³-hybridized carbons (Fsp3) is 0.0833. The van der Waals surface area contributed by atoms with E-state index in [1.165, 1.54) is 0 Å². The SMILES string of the molecule is NNc1cc(C(F)(F)F)cc(Nc2ccc(I)cc2Cl)n1. The van der Waals surface area contributed by atoms with E-state index in [9.17, 15) is 13.2 Å². The number of nitrogen functional groups attached to an aromatic ring is 1. The minimum absolute atomic E-state index is 0.0131. The molecule has 4 nitrogen and oxygen atoms in total. The van der Waals surface area contributed by atoms with E-state index in [1.54, 1.807) is 18.2 Å². The van der Waals surface area contributed by atoms with Crippen LogP contribution in [0.1, 0.15) is 5.56 Å². The standard InChI is InChI=1S/C12H9ClF3IN4/c13-8-5-7(17)1-2-9(8)19-10-3-6(12(14,15)16)4-11(20-10)21-18/h1-5H,18H2,(H2,19,20,21). The number of hydrazine groups is 1. The molecule has 0 amide bonds. The zero-order chi connectivity index (χ0) is 15.6. The summed E-state index contributed by atoms with van der Waals surface area (Å²) in [6.45, 7) is 0. The van der Waals surface area contributed by atoms with E-state index in [-0.39, 0.29) is 11.6 Å². The minimum atomic E-state index is -4.50. The van der Waals surface area contributed by atoms with Gasteiger partial charge in [0.05, 0.1) is 16.3 Å². The first-order valence-corrected chi connectivity index (χ1v) is 7.03. The highest BCUT2D eigenvalue weighted by atomic mass is 127. The molecule has 0 bridgehead atoms. The molecule has 0 aliphatic rings. The first-order valence-electron chi connectivity index (χ1n) is 5.57. The van der Waals surface area contributed by atoms with Crippen molar-refractivity contribution in [2.75, 3.05) is 10.7 Å². The van der Waals surface area contributed by atoms with Crippen molar-refractivity contribution in [2.45, 2.75) is 6.18 Å². The van der Waals surface area contributed by atoms with Gasteiger partial charge in [0, 0.05) is 3.57 Å². The molecule has 112 valence electrons. The van der Waals surface area contributed by atoms with E-state index in [0.717, 1.165) is 15.7 Å². The summed E-state index contributed by atoms with van der Waals surface area (Å²) < 4.78 is 39.3. The largest absolute Gasteiger partial charge is 0.416 e. The average Bonchev–Trinajstić information content (AvgIpc) is 2.40. The number of nitrogens with one attached hydrogen (secondary N) is 2. The highest BCUT2D eigenvalue weighted by Crippen LogP contribution is 2.33. The van der Waals surface area contributed by atoms with Gasteiger partial charge in [0.2, 0.25) is 0 Å².